The number of carbonyl (C=O) groups is 1. The van der Waals surface area contributed by atoms with Crippen molar-refractivity contribution in [1.82, 2.24) is 29.5 Å². The zero-order valence-corrected chi connectivity index (χ0v) is 22.5. The second-order valence-corrected chi connectivity index (χ2v) is 11.0. The van der Waals surface area contributed by atoms with Gasteiger partial charge >= 0.3 is 6.09 Å². The molecule has 1 atom stereocenters. The first-order valence-corrected chi connectivity index (χ1v) is 13.1. The van der Waals surface area contributed by atoms with Crippen molar-refractivity contribution < 1.29 is 9.53 Å². The summed E-state index contributed by atoms with van der Waals surface area (Å²) in [5.74, 6) is 1.05. The number of hydrogen-bond acceptors (Lipinski definition) is 10. The molecule has 3 aromatic heterocycles. The Balaban J connectivity index is 1.50. The van der Waals surface area contributed by atoms with Gasteiger partial charge in [0.25, 0.3) is 5.56 Å². The first-order valence-electron chi connectivity index (χ1n) is 11.9. The third-order valence-corrected chi connectivity index (χ3v) is 6.96. The summed E-state index contributed by atoms with van der Waals surface area (Å²) < 4.78 is 7.08. The summed E-state index contributed by atoms with van der Waals surface area (Å²) in [5.41, 5.74) is 2.02. The Hall–Kier alpha value is -3.51. The number of aromatic nitrogens is 5. The van der Waals surface area contributed by atoms with Crippen LogP contribution in [0.15, 0.2) is 34.8 Å². The molecule has 1 aliphatic heterocycles. The Morgan fingerprint density at radius 2 is 1.92 bits per heavy atom. The molecule has 0 saturated carbocycles. The van der Waals surface area contributed by atoms with E-state index in [0.29, 0.717) is 59.3 Å². The smallest absolute Gasteiger partial charge is 0.410 e. The van der Waals surface area contributed by atoms with E-state index >= 15 is 0 Å². The number of anilines is 1. The van der Waals surface area contributed by atoms with Gasteiger partial charge in [-0.25, -0.2) is 29.4 Å². The maximum Gasteiger partial charge on any atom is 0.410 e. The average molecular weight is 543 g/mol. The molecule has 11 nitrogen and oxygen atoms in total. The Kier molecular flexibility index (Phi) is 6.63. The molecule has 0 spiro atoms. The summed E-state index contributed by atoms with van der Waals surface area (Å²) in [6.07, 6.45) is 1.11. The van der Waals surface area contributed by atoms with Crippen molar-refractivity contribution in [1.29, 1.82) is 0 Å². The Morgan fingerprint density at radius 1 is 1.16 bits per heavy atom. The van der Waals surface area contributed by atoms with Crippen molar-refractivity contribution in [2.24, 2.45) is 0 Å². The van der Waals surface area contributed by atoms with Crippen LogP contribution >= 0.6 is 22.9 Å². The molecule has 1 aliphatic rings. The Morgan fingerprint density at radius 3 is 2.65 bits per heavy atom. The molecule has 1 fully saturated rings. The van der Waals surface area contributed by atoms with Crippen LogP contribution in [0.1, 0.15) is 39.6 Å². The predicted molar refractivity (Wildman–Crippen MR) is 144 cm³/mol. The van der Waals surface area contributed by atoms with E-state index in [-0.39, 0.29) is 11.7 Å². The van der Waals surface area contributed by atoms with Crippen LogP contribution in [0, 0.1) is 0 Å². The van der Waals surface area contributed by atoms with E-state index < -0.39 is 11.6 Å². The zero-order valence-electron chi connectivity index (χ0n) is 20.9. The summed E-state index contributed by atoms with van der Waals surface area (Å²) >= 11 is 7.86. The van der Waals surface area contributed by atoms with Gasteiger partial charge in [0, 0.05) is 13.1 Å². The van der Waals surface area contributed by atoms with Gasteiger partial charge in [-0.1, -0.05) is 17.7 Å². The second-order valence-electron chi connectivity index (χ2n) is 9.74. The molecule has 4 heterocycles. The standard InChI is InChI=1S/C24H27ClN8O3S/c1-14(29-19-18-21(27-12-26-19)37-13-28-18)20-30-16-7-5-6-15(25)17(16)22(34)33(20)32-10-8-31(9-11-32)23(35)36-24(2,3)4/h5-7,12-14H,8-11H2,1-4H3,(H,26,27,29)/t14-/m0/s1. The molecule has 1 N–H and O–H groups in total. The van der Waals surface area contributed by atoms with Gasteiger partial charge in [-0.15, -0.1) is 11.3 Å². The molecular formula is C24H27ClN8O3S. The number of thiazole rings is 1. The number of fused-ring (bicyclic) bond motifs is 2. The van der Waals surface area contributed by atoms with Gasteiger partial charge in [-0.3, -0.25) is 4.79 Å². The van der Waals surface area contributed by atoms with Crippen LogP contribution in [0.2, 0.25) is 5.02 Å². The van der Waals surface area contributed by atoms with Crippen LogP contribution in [-0.2, 0) is 4.74 Å². The summed E-state index contributed by atoms with van der Waals surface area (Å²) in [6.45, 7) is 9.05. The number of carbonyl (C=O) groups excluding carboxylic acids is 1. The number of ether oxygens (including phenoxy) is 1. The SMILES string of the molecule is C[C@H](Nc1ncnc2scnc12)c1nc2cccc(Cl)c2c(=O)n1N1CCN(C(=O)OC(C)(C)C)CC1. The lowest BCUT2D eigenvalue weighted by Gasteiger charge is -2.38. The van der Waals surface area contributed by atoms with Crippen molar-refractivity contribution in [2.75, 3.05) is 36.5 Å². The quantitative estimate of drug-likeness (QED) is 0.410. The lowest BCUT2D eigenvalue weighted by atomic mass is 10.2. The fourth-order valence-corrected chi connectivity index (χ4v) is 5.10. The highest BCUT2D eigenvalue weighted by Crippen LogP contribution is 2.26. The number of amides is 1. The molecule has 0 unspecified atom stereocenters. The first-order chi connectivity index (χ1) is 17.6. The zero-order chi connectivity index (χ0) is 26.3. The van der Waals surface area contributed by atoms with Gasteiger partial charge in [0.2, 0.25) is 0 Å². The summed E-state index contributed by atoms with van der Waals surface area (Å²) in [7, 11) is 0. The van der Waals surface area contributed by atoms with Gasteiger partial charge in [-0.2, -0.15) is 0 Å². The molecule has 194 valence electrons. The summed E-state index contributed by atoms with van der Waals surface area (Å²) in [6, 6.07) is 4.80. The topological polar surface area (TPSA) is 118 Å². The van der Waals surface area contributed by atoms with E-state index in [2.05, 4.69) is 20.3 Å². The number of nitrogens with zero attached hydrogens (tertiary/aromatic N) is 7. The van der Waals surface area contributed by atoms with E-state index in [1.807, 2.05) is 32.7 Å². The minimum Gasteiger partial charge on any atom is -0.444 e. The van der Waals surface area contributed by atoms with Crippen molar-refractivity contribution in [3.63, 3.8) is 0 Å². The maximum absolute atomic E-state index is 13.8. The van der Waals surface area contributed by atoms with Crippen LogP contribution in [0.25, 0.3) is 21.3 Å². The highest BCUT2D eigenvalue weighted by atomic mass is 35.5. The molecule has 37 heavy (non-hydrogen) atoms. The third kappa shape index (κ3) is 5.03. The van der Waals surface area contributed by atoms with Crippen LogP contribution in [0.5, 0.6) is 0 Å². The summed E-state index contributed by atoms with van der Waals surface area (Å²) in [4.78, 5) is 46.6. The molecule has 0 radical (unpaired) electrons. The predicted octanol–water partition coefficient (Wildman–Crippen LogP) is 3.81. The van der Waals surface area contributed by atoms with Crippen LogP contribution in [0.3, 0.4) is 0 Å². The minimum absolute atomic E-state index is 0.272. The Labute approximate surface area is 222 Å². The van der Waals surface area contributed by atoms with Crippen molar-refractivity contribution >= 4 is 56.1 Å². The molecule has 5 rings (SSSR count). The van der Waals surface area contributed by atoms with Crippen molar-refractivity contribution in [2.45, 2.75) is 39.3 Å². The molecule has 1 aromatic carbocycles. The molecular weight excluding hydrogens is 516 g/mol. The summed E-state index contributed by atoms with van der Waals surface area (Å²) in [5, 5.41) is 5.93. The normalized spacial score (nSPS) is 15.3. The Bertz CT molecular complexity index is 1520. The third-order valence-electron chi connectivity index (χ3n) is 5.92. The van der Waals surface area contributed by atoms with E-state index in [1.54, 1.807) is 33.3 Å². The molecule has 1 saturated heterocycles. The highest BCUT2D eigenvalue weighted by molar-refractivity contribution is 7.16. The number of piperazine rings is 1. The van der Waals surface area contributed by atoms with Crippen molar-refractivity contribution in [3.05, 3.63) is 51.2 Å². The highest BCUT2D eigenvalue weighted by Gasteiger charge is 2.29. The van der Waals surface area contributed by atoms with Gasteiger partial charge in [0.15, 0.2) is 11.6 Å². The lowest BCUT2D eigenvalue weighted by molar-refractivity contribution is 0.0231. The molecule has 13 heteroatoms. The van der Waals surface area contributed by atoms with Crippen molar-refractivity contribution in [3.8, 4) is 0 Å². The number of nitrogens with one attached hydrogen (secondary N) is 1. The number of hydrogen-bond donors (Lipinski definition) is 1. The van der Waals surface area contributed by atoms with E-state index in [0.717, 1.165) is 4.83 Å². The fourth-order valence-electron chi connectivity index (χ4n) is 4.23. The minimum atomic E-state index is -0.581. The second kappa shape index (κ2) is 9.75. The number of halogens is 1. The van der Waals surface area contributed by atoms with E-state index in [4.69, 9.17) is 21.3 Å². The number of rotatable bonds is 4. The van der Waals surface area contributed by atoms with E-state index in [9.17, 15) is 9.59 Å². The molecule has 0 bridgehead atoms. The fraction of sp³-hybridized carbons (Fsp3) is 0.417. The van der Waals surface area contributed by atoms with Crippen LogP contribution in [0.4, 0.5) is 10.6 Å². The first kappa shape index (κ1) is 25.2. The largest absolute Gasteiger partial charge is 0.444 e. The monoisotopic (exact) mass is 542 g/mol. The van der Waals surface area contributed by atoms with Gasteiger partial charge in [0.05, 0.1) is 40.6 Å². The molecule has 0 aliphatic carbocycles. The lowest BCUT2D eigenvalue weighted by Crippen LogP contribution is -2.57. The van der Waals surface area contributed by atoms with Gasteiger partial charge < -0.3 is 20.0 Å². The molecule has 4 aromatic rings. The average Bonchev–Trinajstić information content (AvgIpc) is 3.33. The van der Waals surface area contributed by atoms with E-state index in [1.165, 1.54) is 17.7 Å². The van der Waals surface area contributed by atoms with Gasteiger partial charge in [0.1, 0.15) is 22.3 Å². The van der Waals surface area contributed by atoms with Crippen LogP contribution < -0.4 is 15.9 Å². The van der Waals surface area contributed by atoms with Crippen LogP contribution in [-0.4, -0.2) is 67.4 Å². The van der Waals surface area contributed by atoms with Gasteiger partial charge in [-0.05, 0) is 39.8 Å². The maximum atomic E-state index is 13.8. The number of benzene rings is 1. The molecule has 1 amide bonds.